The molecule has 1 aromatic carbocycles. The maximum absolute atomic E-state index is 12.5. The van der Waals surface area contributed by atoms with Gasteiger partial charge in [0.1, 0.15) is 5.75 Å². The molecule has 0 unspecified atom stereocenters. The first kappa shape index (κ1) is 9.19. The SMILES string of the molecule is Fc1[c]c(OC(F)F)ccc1Cl. The van der Waals surface area contributed by atoms with Gasteiger partial charge in [-0.25, -0.2) is 4.39 Å². The second-order valence-corrected chi connectivity index (χ2v) is 2.27. The summed E-state index contributed by atoms with van der Waals surface area (Å²) in [5, 5.41) is -0.184. The highest BCUT2D eigenvalue weighted by Gasteiger charge is 2.07. The van der Waals surface area contributed by atoms with Crippen molar-refractivity contribution < 1.29 is 17.9 Å². The van der Waals surface area contributed by atoms with Crippen LogP contribution in [0, 0.1) is 11.9 Å². The molecule has 0 atom stereocenters. The summed E-state index contributed by atoms with van der Waals surface area (Å²) in [5.41, 5.74) is 0. The Morgan fingerprint density at radius 1 is 1.42 bits per heavy atom. The molecule has 0 heterocycles. The number of hydrogen-bond donors (Lipinski definition) is 0. The minimum absolute atomic E-state index is 0.184. The van der Waals surface area contributed by atoms with E-state index in [-0.39, 0.29) is 10.8 Å². The third-order valence-electron chi connectivity index (χ3n) is 1.04. The minimum Gasteiger partial charge on any atom is -0.434 e. The lowest BCUT2D eigenvalue weighted by Gasteiger charge is -2.03. The highest BCUT2D eigenvalue weighted by molar-refractivity contribution is 6.30. The van der Waals surface area contributed by atoms with E-state index in [1.54, 1.807) is 0 Å². The molecule has 1 nitrogen and oxygen atoms in total. The summed E-state index contributed by atoms with van der Waals surface area (Å²) in [7, 11) is 0. The first-order valence-electron chi connectivity index (χ1n) is 2.91. The smallest absolute Gasteiger partial charge is 0.387 e. The molecule has 0 fully saturated rings. The maximum Gasteiger partial charge on any atom is 0.387 e. The van der Waals surface area contributed by atoms with Gasteiger partial charge in [0.15, 0.2) is 5.82 Å². The molecule has 12 heavy (non-hydrogen) atoms. The van der Waals surface area contributed by atoms with Gasteiger partial charge >= 0.3 is 6.61 Å². The van der Waals surface area contributed by atoms with E-state index in [1.807, 2.05) is 6.07 Å². The lowest BCUT2D eigenvalue weighted by atomic mass is 10.3. The Morgan fingerprint density at radius 3 is 2.58 bits per heavy atom. The van der Waals surface area contributed by atoms with Crippen LogP contribution in [0.3, 0.4) is 0 Å². The molecule has 0 amide bonds. The minimum atomic E-state index is -2.98. The van der Waals surface area contributed by atoms with Gasteiger partial charge in [0, 0.05) is 0 Å². The molecule has 0 aliphatic carbocycles. The molecule has 0 bridgehead atoms. The third kappa shape index (κ3) is 2.30. The fourth-order valence-electron chi connectivity index (χ4n) is 0.596. The Kier molecular flexibility index (Phi) is 2.81. The van der Waals surface area contributed by atoms with Gasteiger partial charge < -0.3 is 4.74 Å². The Balaban J connectivity index is 2.82. The van der Waals surface area contributed by atoms with Crippen molar-refractivity contribution in [1.82, 2.24) is 0 Å². The van der Waals surface area contributed by atoms with Crippen LogP contribution in [0.4, 0.5) is 13.2 Å². The van der Waals surface area contributed by atoms with Crippen molar-refractivity contribution in [2.75, 3.05) is 0 Å². The van der Waals surface area contributed by atoms with Gasteiger partial charge in [-0.15, -0.1) is 0 Å². The van der Waals surface area contributed by atoms with E-state index in [0.717, 1.165) is 12.1 Å². The van der Waals surface area contributed by atoms with Crippen molar-refractivity contribution in [3.8, 4) is 5.75 Å². The first-order chi connectivity index (χ1) is 5.59. The highest BCUT2D eigenvalue weighted by Crippen LogP contribution is 2.20. The summed E-state index contributed by atoms with van der Waals surface area (Å²) in [6, 6.07) is 4.13. The van der Waals surface area contributed by atoms with E-state index < -0.39 is 12.4 Å². The molecule has 1 radical (unpaired) electrons. The molecule has 5 heteroatoms. The normalized spacial score (nSPS) is 10.4. The van der Waals surface area contributed by atoms with Crippen molar-refractivity contribution in [3.05, 3.63) is 29.0 Å². The molecule has 65 valence electrons. The van der Waals surface area contributed by atoms with Crippen molar-refractivity contribution in [2.24, 2.45) is 0 Å². The Labute approximate surface area is 71.7 Å². The van der Waals surface area contributed by atoms with Crippen LogP contribution in [0.5, 0.6) is 5.75 Å². The fraction of sp³-hybridized carbons (Fsp3) is 0.143. The Morgan fingerprint density at radius 2 is 2.08 bits per heavy atom. The molecule has 1 rings (SSSR count). The average molecular weight is 196 g/mol. The molecule has 0 aromatic heterocycles. The zero-order valence-corrected chi connectivity index (χ0v) is 6.41. The van der Waals surface area contributed by atoms with E-state index in [2.05, 4.69) is 4.74 Å². The van der Waals surface area contributed by atoms with Gasteiger partial charge in [-0.05, 0) is 12.1 Å². The van der Waals surface area contributed by atoms with Crippen LogP contribution >= 0.6 is 11.6 Å². The van der Waals surface area contributed by atoms with E-state index in [1.165, 1.54) is 0 Å². The summed E-state index contributed by atoms with van der Waals surface area (Å²) < 4.78 is 39.5. The second-order valence-electron chi connectivity index (χ2n) is 1.86. The second kappa shape index (κ2) is 3.67. The van der Waals surface area contributed by atoms with Crippen LogP contribution in [0.1, 0.15) is 0 Å². The number of halogens is 4. The largest absolute Gasteiger partial charge is 0.434 e. The van der Waals surface area contributed by atoms with Crippen LogP contribution in [-0.2, 0) is 0 Å². The molecular formula is C7H3ClF3O. The summed E-state index contributed by atoms with van der Waals surface area (Å²) in [6.07, 6.45) is 0. The van der Waals surface area contributed by atoms with E-state index in [0.29, 0.717) is 0 Å². The topological polar surface area (TPSA) is 9.23 Å². The molecule has 0 N–H and O–H groups in total. The van der Waals surface area contributed by atoms with Crippen molar-refractivity contribution in [3.63, 3.8) is 0 Å². The highest BCUT2D eigenvalue weighted by atomic mass is 35.5. The fourth-order valence-corrected chi connectivity index (χ4v) is 0.707. The number of rotatable bonds is 2. The van der Waals surface area contributed by atoms with E-state index in [4.69, 9.17) is 11.6 Å². The average Bonchev–Trinajstić information content (AvgIpc) is 1.96. The molecular weight excluding hydrogens is 193 g/mol. The lowest BCUT2D eigenvalue weighted by Crippen LogP contribution is -2.02. The van der Waals surface area contributed by atoms with Gasteiger partial charge in [0.2, 0.25) is 0 Å². The monoisotopic (exact) mass is 195 g/mol. The molecule has 0 aliphatic rings. The maximum atomic E-state index is 12.5. The molecule has 1 aromatic rings. The van der Waals surface area contributed by atoms with Gasteiger partial charge in [0.25, 0.3) is 0 Å². The Bertz CT molecular complexity index is 277. The summed E-state index contributed by atoms with van der Waals surface area (Å²) >= 11 is 5.27. The summed E-state index contributed by atoms with van der Waals surface area (Å²) in [6.45, 7) is -2.98. The third-order valence-corrected chi connectivity index (χ3v) is 1.33. The van der Waals surface area contributed by atoms with Crippen molar-refractivity contribution >= 4 is 11.6 Å². The Hall–Kier alpha value is -0.900. The van der Waals surface area contributed by atoms with Crippen molar-refractivity contribution in [1.29, 1.82) is 0 Å². The number of hydrogen-bond acceptors (Lipinski definition) is 1. The number of benzene rings is 1. The summed E-state index contributed by atoms with van der Waals surface area (Å²) in [5.74, 6) is -1.28. The predicted octanol–water partition coefficient (Wildman–Crippen LogP) is 2.88. The van der Waals surface area contributed by atoms with Crippen molar-refractivity contribution in [2.45, 2.75) is 6.61 Å². The predicted molar refractivity (Wildman–Crippen MR) is 36.9 cm³/mol. The molecule has 0 aliphatic heterocycles. The van der Waals surface area contributed by atoms with Crippen LogP contribution in [0.2, 0.25) is 5.02 Å². The summed E-state index contributed by atoms with van der Waals surface area (Å²) in [4.78, 5) is 0. The molecule has 0 saturated carbocycles. The zero-order chi connectivity index (χ0) is 9.14. The van der Waals surface area contributed by atoms with Crippen LogP contribution in [0.25, 0.3) is 0 Å². The van der Waals surface area contributed by atoms with E-state index >= 15 is 0 Å². The van der Waals surface area contributed by atoms with Gasteiger partial charge in [0.05, 0.1) is 11.1 Å². The van der Waals surface area contributed by atoms with Gasteiger partial charge in [-0.3, -0.25) is 0 Å². The van der Waals surface area contributed by atoms with Gasteiger partial charge in [-0.1, -0.05) is 11.6 Å². The number of alkyl halides is 2. The van der Waals surface area contributed by atoms with Gasteiger partial charge in [-0.2, -0.15) is 8.78 Å². The first-order valence-corrected chi connectivity index (χ1v) is 3.29. The van der Waals surface area contributed by atoms with Crippen LogP contribution in [0.15, 0.2) is 12.1 Å². The lowest BCUT2D eigenvalue weighted by molar-refractivity contribution is -0.0501. The quantitative estimate of drug-likeness (QED) is 0.705. The molecule has 0 spiro atoms. The number of ether oxygens (including phenoxy) is 1. The van der Waals surface area contributed by atoms with Crippen LogP contribution < -0.4 is 4.74 Å². The standard InChI is InChI=1S/C7H3ClF3O/c8-5-2-1-4(3-6(5)9)12-7(10)11/h1-2,7H. The van der Waals surface area contributed by atoms with Crippen LogP contribution in [-0.4, -0.2) is 6.61 Å². The van der Waals surface area contributed by atoms with E-state index in [9.17, 15) is 13.2 Å². The zero-order valence-electron chi connectivity index (χ0n) is 5.65. The molecule has 0 saturated heterocycles.